The lowest BCUT2D eigenvalue weighted by molar-refractivity contribution is 0.580. The lowest BCUT2D eigenvalue weighted by Crippen LogP contribution is -1.78. The summed E-state index contributed by atoms with van der Waals surface area (Å²) < 4.78 is 5.37. The zero-order chi connectivity index (χ0) is 13.4. The minimum absolute atomic E-state index is 0.796. The second-order valence-corrected chi connectivity index (χ2v) is 4.71. The molecule has 0 aliphatic rings. The monoisotopic (exact) mass is 260 g/mol. The fraction of sp³-hybridized carbons (Fsp3) is 0. The average molecular weight is 260 g/mol. The first-order valence-electron chi connectivity index (χ1n) is 6.49. The van der Waals surface area contributed by atoms with Gasteiger partial charge in [0.25, 0.3) is 0 Å². The number of nitrogens with one attached hydrogen (secondary N) is 1. The zero-order valence-corrected chi connectivity index (χ0v) is 10.7. The van der Waals surface area contributed by atoms with Crippen molar-refractivity contribution in [3.63, 3.8) is 0 Å². The van der Waals surface area contributed by atoms with E-state index in [0.29, 0.717) is 0 Å². The van der Waals surface area contributed by atoms with Gasteiger partial charge >= 0.3 is 0 Å². The molecule has 3 nitrogen and oxygen atoms in total. The highest BCUT2D eigenvalue weighted by atomic mass is 16.3. The van der Waals surface area contributed by atoms with Crippen LogP contribution in [-0.2, 0) is 0 Å². The van der Waals surface area contributed by atoms with Gasteiger partial charge in [0.05, 0.1) is 12.0 Å². The molecule has 96 valence electrons. The van der Waals surface area contributed by atoms with Crippen molar-refractivity contribution in [2.75, 3.05) is 0 Å². The predicted molar refractivity (Wildman–Crippen MR) is 79.2 cm³/mol. The summed E-state index contributed by atoms with van der Waals surface area (Å²) in [5.41, 5.74) is 2.90. The SMILES string of the molecule is c1coc(-c2cc(-c3ccc4ccccc4c3)n[nH]2)c1. The molecule has 0 aliphatic carbocycles. The van der Waals surface area contributed by atoms with Crippen molar-refractivity contribution in [2.45, 2.75) is 0 Å². The van der Waals surface area contributed by atoms with Gasteiger partial charge in [0.2, 0.25) is 0 Å². The first kappa shape index (κ1) is 11.1. The highest BCUT2D eigenvalue weighted by Crippen LogP contribution is 2.26. The molecule has 0 atom stereocenters. The number of furan rings is 1. The Morgan fingerprint density at radius 3 is 2.60 bits per heavy atom. The number of hydrogen-bond donors (Lipinski definition) is 1. The topological polar surface area (TPSA) is 41.8 Å². The van der Waals surface area contributed by atoms with Crippen molar-refractivity contribution in [2.24, 2.45) is 0 Å². The van der Waals surface area contributed by atoms with Gasteiger partial charge in [-0.1, -0.05) is 36.4 Å². The zero-order valence-electron chi connectivity index (χ0n) is 10.7. The Kier molecular flexibility index (Phi) is 2.42. The molecule has 0 spiro atoms. The van der Waals surface area contributed by atoms with Crippen LogP contribution < -0.4 is 0 Å². The third-order valence-corrected chi connectivity index (χ3v) is 3.41. The Morgan fingerprint density at radius 2 is 1.75 bits per heavy atom. The first-order chi connectivity index (χ1) is 9.90. The summed E-state index contributed by atoms with van der Waals surface area (Å²) in [6.45, 7) is 0. The normalized spacial score (nSPS) is 11.0. The van der Waals surface area contributed by atoms with Gasteiger partial charge in [-0.25, -0.2) is 0 Å². The quantitative estimate of drug-likeness (QED) is 0.577. The van der Waals surface area contributed by atoms with E-state index in [1.165, 1.54) is 10.8 Å². The van der Waals surface area contributed by atoms with Gasteiger partial charge in [-0.05, 0) is 35.0 Å². The standard InChI is InChI=1S/C17H12N2O/c1-2-5-13-10-14(8-7-12(13)4-1)15-11-16(19-18-15)17-6-3-9-20-17/h1-11H,(H,18,19). The number of rotatable bonds is 2. The molecule has 0 aliphatic heterocycles. The van der Waals surface area contributed by atoms with Gasteiger partial charge in [-0.3, -0.25) is 5.10 Å². The fourth-order valence-corrected chi connectivity index (χ4v) is 2.38. The van der Waals surface area contributed by atoms with E-state index in [1.54, 1.807) is 6.26 Å². The molecule has 2 aromatic carbocycles. The number of nitrogens with zero attached hydrogens (tertiary/aromatic N) is 1. The number of hydrogen-bond acceptors (Lipinski definition) is 2. The first-order valence-corrected chi connectivity index (χ1v) is 6.49. The predicted octanol–water partition coefficient (Wildman–Crippen LogP) is 4.49. The highest BCUT2D eigenvalue weighted by molar-refractivity contribution is 5.87. The molecule has 0 amide bonds. The minimum atomic E-state index is 0.796. The van der Waals surface area contributed by atoms with Crippen molar-refractivity contribution in [3.8, 4) is 22.7 Å². The third-order valence-electron chi connectivity index (χ3n) is 3.41. The van der Waals surface area contributed by atoms with E-state index < -0.39 is 0 Å². The highest BCUT2D eigenvalue weighted by Gasteiger charge is 2.08. The van der Waals surface area contributed by atoms with Crippen LogP contribution in [0.15, 0.2) is 71.3 Å². The molecule has 0 saturated heterocycles. The molecule has 0 bridgehead atoms. The van der Waals surface area contributed by atoms with Crippen molar-refractivity contribution < 1.29 is 4.42 Å². The van der Waals surface area contributed by atoms with Crippen molar-refractivity contribution in [3.05, 3.63) is 66.9 Å². The van der Waals surface area contributed by atoms with Crippen LogP contribution in [0.5, 0.6) is 0 Å². The molecule has 20 heavy (non-hydrogen) atoms. The number of benzene rings is 2. The Balaban J connectivity index is 1.79. The summed E-state index contributed by atoms with van der Waals surface area (Å²) >= 11 is 0. The smallest absolute Gasteiger partial charge is 0.151 e. The fourth-order valence-electron chi connectivity index (χ4n) is 2.38. The maximum atomic E-state index is 5.37. The van der Waals surface area contributed by atoms with E-state index in [1.807, 2.05) is 30.3 Å². The Morgan fingerprint density at radius 1 is 0.850 bits per heavy atom. The largest absolute Gasteiger partial charge is 0.463 e. The van der Waals surface area contributed by atoms with E-state index >= 15 is 0 Å². The second-order valence-electron chi connectivity index (χ2n) is 4.71. The van der Waals surface area contributed by atoms with Crippen LogP contribution in [0.25, 0.3) is 33.5 Å². The summed E-state index contributed by atoms with van der Waals surface area (Å²) in [5.74, 6) is 0.796. The number of aromatic amines is 1. The molecule has 0 saturated carbocycles. The number of H-pyrrole nitrogens is 1. The molecule has 2 aromatic heterocycles. The molecular weight excluding hydrogens is 248 g/mol. The van der Waals surface area contributed by atoms with Crippen LogP contribution >= 0.6 is 0 Å². The Hall–Kier alpha value is -2.81. The van der Waals surface area contributed by atoms with Crippen molar-refractivity contribution in [1.82, 2.24) is 10.2 Å². The van der Waals surface area contributed by atoms with E-state index in [-0.39, 0.29) is 0 Å². The molecule has 2 heterocycles. The van der Waals surface area contributed by atoms with E-state index in [0.717, 1.165) is 22.7 Å². The van der Waals surface area contributed by atoms with Crippen LogP contribution in [0.1, 0.15) is 0 Å². The summed E-state index contributed by atoms with van der Waals surface area (Å²) in [6.07, 6.45) is 1.66. The lowest BCUT2D eigenvalue weighted by atomic mass is 10.1. The Labute approximate surface area is 115 Å². The number of fused-ring (bicyclic) bond motifs is 1. The van der Waals surface area contributed by atoms with Gasteiger partial charge in [-0.2, -0.15) is 5.10 Å². The van der Waals surface area contributed by atoms with E-state index in [9.17, 15) is 0 Å². The van der Waals surface area contributed by atoms with Gasteiger partial charge in [0, 0.05) is 5.56 Å². The van der Waals surface area contributed by atoms with Crippen LogP contribution in [0.4, 0.5) is 0 Å². The minimum Gasteiger partial charge on any atom is -0.463 e. The number of aromatic nitrogens is 2. The second kappa shape index (κ2) is 4.38. The van der Waals surface area contributed by atoms with Gasteiger partial charge in [-0.15, -0.1) is 0 Å². The van der Waals surface area contributed by atoms with Crippen LogP contribution in [-0.4, -0.2) is 10.2 Å². The van der Waals surface area contributed by atoms with E-state index in [4.69, 9.17) is 4.42 Å². The average Bonchev–Trinajstić information content (AvgIpc) is 3.17. The molecule has 0 fully saturated rings. The molecule has 0 radical (unpaired) electrons. The molecule has 1 N–H and O–H groups in total. The maximum Gasteiger partial charge on any atom is 0.151 e. The Bertz CT molecular complexity index is 859. The van der Waals surface area contributed by atoms with Crippen LogP contribution in [0, 0.1) is 0 Å². The van der Waals surface area contributed by atoms with Gasteiger partial charge in [0.1, 0.15) is 5.69 Å². The molecule has 0 unspecified atom stereocenters. The van der Waals surface area contributed by atoms with Gasteiger partial charge < -0.3 is 4.42 Å². The van der Waals surface area contributed by atoms with E-state index in [2.05, 4.69) is 40.5 Å². The third kappa shape index (κ3) is 1.80. The summed E-state index contributed by atoms with van der Waals surface area (Å²) in [4.78, 5) is 0. The maximum absolute atomic E-state index is 5.37. The summed E-state index contributed by atoms with van der Waals surface area (Å²) in [7, 11) is 0. The van der Waals surface area contributed by atoms with Crippen LogP contribution in [0.3, 0.4) is 0 Å². The van der Waals surface area contributed by atoms with Crippen molar-refractivity contribution in [1.29, 1.82) is 0 Å². The van der Waals surface area contributed by atoms with Gasteiger partial charge in [0.15, 0.2) is 5.76 Å². The molecule has 4 rings (SSSR count). The summed E-state index contributed by atoms with van der Waals surface area (Å²) in [5, 5.41) is 9.82. The molecular formula is C17H12N2O. The molecule has 4 aromatic rings. The van der Waals surface area contributed by atoms with Crippen molar-refractivity contribution >= 4 is 10.8 Å². The summed E-state index contributed by atoms with van der Waals surface area (Å²) in [6, 6.07) is 20.5. The lowest BCUT2D eigenvalue weighted by Gasteiger charge is -2.00. The molecule has 3 heteroatoms. The van der Waals surface area contributed by atoms with Crippen LogP contribution in [0.2, 0.25) is 0 Å².